The number of anilines is 1. The maximum atomic E-state index is 11.9. The van der Waals surface area contributed by atoms with Gasteiger partial charge >= 0.3 is 0 Å². The molecule has 1 amide bonds. The second kappa shape index (κ2) is 5.69. The van der Waals surface area contributed by atoms with Crippen molar-refractivity contribution in [1.29, 1.82) is 0 Å². The fraction of sp³-hybridized carbons (Fsp3) is 0.267. The van der Waals surface area contributed by atoms with Crippen LogP contribution in [-0.4, -0.2) is 21.5 Å². The van der Waals surface area contributed by atoms with E-state index in [2.05, 4.69) is 15.3 Å². The third kappa shape index (κ3) is 4.05. The molecule has 104 valence electrons. The Labute approximate surface area is 118 Å². The maximum absolute atomic E-state index is 11.9. The average molecular weight is 271 g/mol. The molecule has 0 spiro atoms. The minimum Gasteiger partial charge on any atom is -0.488 e. The zero-order chi connectivity index (χ0) is 14.6. The Morgan fingerprint density at radius 1 is 1.10 bits per heavy atom. The number of aromatic nitrogens is 2. The molecule has 0 atom stereocenters. The van der Waals surface area contributed by atoms with E-state index in [9.17, 15) is 4.79 Å². The van der Waals surface area contributed by atoms with Gasteiger partial charge in [0, 0.05) is 18.1 Å². The van der Waals surface area contributed by atoms with Gasteiger partial charge in [0.15, 0.2) is 0 Å². The molecule has 0 aliphatic rings. The first-order valence-corrected chi connectivity index (χ1v) is 6.29. The maximum Gasteiger partial charge on any atom is 0.258 e. The quantitative estimate of drug-likeness (QED) is 0.932. The number of hydrogen-bond donors (Lipinski definition) is 1. The molecule has 0 aliphatic carbocycles. The number of carbonyl (C=O) groups excluding carboxylic acids is 1. The van der Waals surface area contributed by atoms with Crippen molar-refractivity contribution in [2.75, 3.05) is 5.32 Å². The van der Waals surface area contributed by atoms with E-state index in [0.717, 1.165) is 5.75 Å². The standard InChI is InChI=1S/C15H17N3O2/c1-15(2,3)20-13-6-4-12(5-7-13)18-14(19)11-8-16-10-17-9-11/h4-10H,1-3H3,(H,18,19). The number of ether oxygens (including phenoxy) is 1. The largest absolute Gasteiger partial charge is 0.488 e. The van der Waals surface area contributed by atoms with E-state index in [-0.39, 0.29) is 11.5 Å². The Hall–Kier alpha value is -2.43. The summed E-state index contributed by atoms with van der Waals surface area (Å²) in [6, 6.07) is 7.23. The molecule has 5 heteroatoms. The molecule has 0 aliphatic heterocycles. The highest BCUT2D eigenvalue weighted by Gasteiger charge is 2.12. The summed E-state index contributed by atoms with van der Waals surface area (Å²) in [5, 5.41) is 2.77. The molecule has 0 radical (unpaired) electrons. The summed E-state index contributed by atoms with van der Waals surface area (Å²) in [6.45, 7) is 5.95. The lowest BCUT2D eigenvalue weighted by atomic mass is 10.2. The molecule has 1 heterocycles. The molecule has 1 N–H and O–H groups in total. The van der Waals surface area contributed by atoms with Gasteiger partial charge < -0.3 is 10.1 Å². The number of benzene rings is 1. The van der Waals surface area contributed by atoms with Crippen molar-refractivity contribution in [2.45, 2.75) is 26.4 Å². The molecule has 0 unspecified atom stereocenters. The highest BCUT2D eigenvalue weighted by molar-refractivity contribution is 6.03. The van der Waals surface area contributed by atoms with E-state index in [1.165, 1.54) is 18.7 Å². The Balaban J connectivity index is 2.02. The second-order valence-corrected chi connectivity index (χ2v) is 5.32. The zero-order valence-corrected chi connectivity index (χ0v) is 11.8. The zero-order valence-electron chi connectivity index (χ0n) is 11.8. The normalized spacial score (nSPS) is 10.9. The van der Waals surface area contributed by atoms with Crippen molar-refractivity contribution in [3.8, 4) is 5.75 Å². The van der Waals surface area contributed by atoms with Gasteiger partial charge in [-0.15, -0.1) is 0 Å². The first-order chi connectivity index (χ1) is 9.44. The average Bonchev–Trinajstić information content (AvgIpc) is 2.40. The van der Waals surface area contributed by atoms with Gasteiger partial charge in [-0.3, -0.25) is 4.79 Å². The van der Waals surface area contributed by atoms with Crippen LogP contribution >= 0.6 is 0 Å². The van der Waals surface area contributed by atoms with Crippen LogP contribution in [0.5, 0.6) is 5.75 Å². The van der Waals surface area contributed by atoms with Crippen LogP contribution in [0, 0.1) is 0 Å². The van der Waals surface area contributed by atoms with Crippen molar-refractivity contribution in [1.82, 2.24) is 9.97 Å². The molecule has 0 saturated carbocycles. The van der Waals surface area contributed by atoms with Gasteiger partial charge in [-0.2, -0.15) is 0 Å². The van der Waals surface area contributed by atoms with Crippen molar-refractivity contribution in [3.63, 3.8) is 0 Å². The van der Waals surface area contributed by atoms with Gasteiger partial charge in [0.25, 0.3) is 5.91 Å². The van der Waals surface area contributed by atoms with E-state index in [1.807, 2.05) is 32.9 Å². The van der Waals surface area contributed by atoms with Gasteiger partial charge in [0.05, 0.1) is 5.56 Å². The first-order valence-electron chi connectivity index (χ1n) is 6.29. The van der Waals surface area contributed by atoms with Crippen LogP contribution in [-0.2, 0) is 0 Å². The Kier molecular flexibility index (Phi) is 3.98. The number of amides is 1. The highest BCUT2D eigenvalue weighted by Crippen LogP contribution is 2.20. The van der Waals surface area contributed by atoms with Crippen LogP contribution < -0.4 is 10.1 Å². The molecule has 20 heavy (non-hydrogen) atoms. The Bertz CT molecular complexity index is 574. The lowest BCUT2D eigenvalue weighted by Crippen LogP contribution is -2.22. The van der Waals surface area contributed by atoms with E-state index in [0.29, 0.717) is 11.3 Å². The van der Waals surface area contributed by atoms with Gasteiger partial charge in [-0.25, -0.2) is 9.97 Å². The number of nitrogens with zero attached hydrogens (tertiary/aromatic N) is 2. The van der Waals surface area contributed by atoms with Crippen LogP contribution in [0.1, 0.15) is 31.1 Å². The van der Waals surface area contributed by atoms with Gasteiger partial charge in [0.2, 0.25) is 0 Å². The van der Waals surface area contributed by atoms with Crippen molar-refractivity contribution in [2.24, 2.45) is 0 Å². The van der Waals surface area contributed by atoms with Crippen molar-refractivity contribution >= 4 is 11.6 Å². The lowest BCUT2D eigenvalue weighted by molar-refractivity contribution is 0.102. The number of rotatable bonds is 3. The number of hydrogen-bond acceptors (Lipinski definition) is 4. The molecule has 1 aromatic carbocycles. The molecule has 0 bridgehead atoms. The van der Waals surface area contributed by atoms with E-state index >= 15 is 0 Å². The predicted octanol–water partition coefficient (Wildman–Crippen LogP) is 2.91. The van der Waals surface area contributed by atoms with Crippen molar-refractivity contribution < 1.29 is 9.53 Å². The summed E-state index contributed by atoms with van der Waals surface area (Å²) in [5.41, 5.74) is 0.870. The minimum atomic E-state index is -0.244. The lowest BCUT2D eigenvalue weighted by Gasteiger charge is -2.21. The fourth-order valence-electron chi connectivity index (χ4n) is 1.58. The highest BCUT2D eigenvalue weighted by atomic mass is 16.5. The van der Waals surface area contributed by atoms with Crippen LogP contribution in [0.2, 0.25) is 0 Å². The third-order valence-corrected chi connectivity index (χ3v) is 2.36. The molecule has 0 saturated heterocycles. The number of nitrogens with one attached hydrogen (secondary N) is 1. The van der Waals surface area contributed by atoms with Gasteiger partial charge in [-0.1, -0.05) is 0 Å². The predicted molar refractivity (Wildman–Crippen MR) is 76.8 cm³/mol. The summed E-state index contributed by atoms with van der Waals surface area (Å²) < 4.78 is 5.71. The Morgan fingerprint density at radius 2 is 1.70 bits per heavy atom. The van der Waals surface area contributed by atoms with Crippen LogP contribution in [0.15, 0.2) is 43.0 Å². The summed E-state index contributed by atoms with van der Waals surface area (Å²) in [4.78, 5) is 19.5. The molecule has 2 aromatic rings. The fourth-order valence-corrected chi connectivity index (χ4v) is 1.58. The molecule has 2 rings (SSSR count). The monoisotopic (exact) mass is 271 g/mol. The number of carbonyl (C=O) groups is 1. The second-order valence-electron chi connectivity index (χ2n) is 5.32. The van der Waals surface area contributed by atoms with Crippen LogP contribution in [0.3, 0.4) is 0 Å². The molecule has 5 nitrogen and oxygen atoms in total. The Morgan fingerprint density at radius 3 is 2.25 bits per heavy atom. The SMILES string of the molecule is CC(C)(C)Oc1ccc(NC(=O)c2cncnc2)cc1. The molecular formula is C15H17N3O2. The third-order valence-electron chi connectivity index (χ3n) is 2.36. The topological polar surface area (TPSA) is 64.1 Å². The van der Waals surface area contributed by atoms with E-state index in [4.69, 9.17) is 4.74 Å². The van der Waals surface area contributed by atoms with Gasteiger partial charge in [-0.05, 0) is 45.0 Å². The summed E-state index contributed by atoms with van der Waals surface area (Å²) >= 11 is 0. The summed E-state index contributed by atoms with van der Waals surface area (Å²) in [6.07, 6.45) is 4.33. The molecule has 0 fully saturated rings. The summed E-state index contributed by atoms with van der Waals surface area (Å²) in [5.74, 6) is 0.522. The molecule has 1 aromatic heterocycles. The van der Waals surface area contributed by atoms with Crippen LogP contribution in [0.25, 0.3) is 0 Å². The van der Waals surface area contributed by atoms with E-state index < -0.39 is 0 Å². The van der Waals surface area contributed by atoms with E-state index in [1.54, 1.807) is 12.1 Å². The van der Waals surface area contributed by atoms with Crippen molar-refractivity contribution in [3.05, 3.63) is 48.5 Å². The minimum absolute atomic E-state index is 0.241. The van der Waals surface area contributed by atoms with Crippen LogP contribution in [0.4, 0.5) is 5.69 Å². The van der Waals surface area contributed by atoms with Gasteiger partial charge in [0.1, 0.15) is 17.7 Å². The first kappa shape index (κ1) is 14.0. The summed E-state index contributed by atoms with van der Waals surface area (Å²) in [7, 11) is 0. The smallest absolute Gasteiger partial charge is 0.258 e. The molecular weight excluding hydrogens is 254 g/mol.